The number of para-hydroxylation sites is 1. The van der Waals surface area contributed by atoms with E-state index in [1.54, 1.807) is 18.0 Å². The van der Waals surface area contributed by atoms with Crippen molar-refractivity contribution in [2.75, 3.05) is 23.4 Å². The van der Waals surface area contributed by atoms with E-state index >= 15 is 0 Å². The van der Waals surface area contributed by atoms with Crippen LogP contribution in [0.3, 0.4) is 0 Å². The Morgan fingerprint density at radius 1 is 1.00 bits per heavy atom. The fourth-order valence-corrected chi connectivity index (χ4v) is 4.97. The molecule has 3 aromatic rings. The molecule has 3 aliphatic rings. The monoisotopic (exact) mass is 383 g/mol. The number of aliphatic imine (C=N–C) groups is 1. The minimum atomic E-state index is -1.26. The smallest absolute Gasteiger partial charge is 0.264 e. The normalized spacial score (nSPS) is 21.4. The largest absolute Gasteiger partial charge is 0.325 e. The molecule has 0 aliphatic carbocycles. The topological polar surface area (TPSA) is 35.9 Å². The zero-order chi connectivity index (χ0) is 19.8. The van der Waals surface area contributed by atoms with Crippen molar-refractivity contribution in [3.8, 4) is 0 Å². The van der Waals surface area contributed by atoms with E-state index in [4.69, 9.17) is 4.99 Å². The summed E-state index contributed by atoms with van der Waals surface area (Å²) in [6, 6.07) is 20.5. The molecule has 0 aromatic heterocycles. The van der Waals surface area contributed by atoms with Crippen molar-refractivity contribution in [1.29, 1.82) is 0 Å². The molecule has 5 heteroatoms. The Labute approximate surface area is 167 Å². The van der Waals surface area contributed by atoms with Crippen LogP contribution in [-0.2, 0) is 16.8 Å². The summed E-state index contributed by atoms with van der Waals surface area (Å²) in [5, 5.41) is 0. The van der Waals surface area contributed by atoms with Crippen LogP contribution in [0.4, 0.5) is 15.8 Å². The number of fused-ring (bicyclic) bond motifs is 3. The van der Waals surface area contributed by atoms with Crippen LogP contribution in [0.5, 0.6) is 0 Å². The second-order valence-electron chi connectivity index (χ2n) is 7.75. The number of hydrogen-bond acceptors (Lipinski definition) is 3. The maximum atomic E-state index is 14.3. The zero-order valence-corrected chi connectivity index (χ0v) is 15.9. The summed E-state index contributed by atoms with van der Waals surface area (Å²) in [5.41, 5.74) is 4.09. The second-order valence-corrected chi connectivity index (χ2v) is 7.75. The molecular formula is C24H18FN3O. The average molecular weight is 383 g/mol. The first-order valence-corrected chi connectivity index (χ1v) is 9.74. The van der Waals surface area contributed by atoms with Gasteiger partial charge in [-0.15, -0.1) is 0 Å². The Bertz CT molecular complexity index is 1220. The molecule has 3 aromatic carbocycles. The highest BCUT2D eigenvalue weighted by atomic mass is 19.1. The van der Waals surface area contributed by atoms with Gasteiger partial charge in [-0.05, 0) is 30.2 Å². The van der Waals surface area contributed by atoms with E-state index in [0.717, 1.165) is 35.6 Å². The van der Waals surface area contributed by atoms with Gasteiger partial charge in [-0.1, -0.05) is 48.5 Å². The highest BCUT2D eigenvalue weighted by Gasteiger charge is 2.56. The molecule has 0 bridgehead atoms. The molecule has 4 nitrogen and oxygen atoms in total. The summed E-state index contributed by atoms with van der Waals surface area (Å²) < 4.78 is 14.3. The van der Waals surface area contributed by atoms with Crippen LogP contribution in [0.1, 0.15) is 22.3 Å². The van der Waals surface area contributed by atoms with Gasteiger partial charge in [0.1, 0.15) is 11.7 Å². The van der Waals surface area contributed by atoms with Crippen LogP contribution >= 0.6 is 0 Å². The van der Waals surface area contributed by atoms with Crippen LogP contribution in [0, 0.1) is 5.82 Å². The number of amidine groups is 1. The molecule has 3 aliphatic heterocycles. The van der Waals surface area contributed by atoms with Crippen LogP contribution in [0.15, 0.2) is 71.7 Å². The molecule has 0 saturated carbocycles. The first-order chi connectivity index (χ1) is 14.1. The quantitative estimate of drug-likeness (QED) is 0.640. The summed E-state index contributed by atoms with van der Waals surface area (Å²) in [6.07, 6.45) is 0.894. The third-order valence-electron chi connectivity index (χ3n) is 6.27. The van der Waals surface area contributed by atoms with Crippen LogP contribution < -0.4 is 9.80 Å². The maximum absolute atomic E-state index is 14.3. The van der Waals surface area contributed by atoms with Gasteiger partial charge < -0.3 is 9.80 Å². The van der Waals surface area contributed by atoms with E-state index in [1.807, 2.05) is 42.5 Å². The third-order valence-corrected chi connectivity index (χ3v) is 6.27. The number of nitrogens with zero attached hydrogens (tertiary/aromatic N) is 3. The van der Waals surface area contributed by atoms with Gasteiger partial charge in [0.25, 0.3) is 5.91 Å². The zero-order valence-electron chi connectivity index (χ0n) is 15.9. The molecule has 0 fully saturated rings. The Morgan fingerprint density at radius 3 is 2.66 bits per heavy atom. The van der Waals surface area contributed by atoms with Gasteiger partial charge in [-0.2, -0.15) is 0 Å². The van der Waals surface area contributed by atoms with Crippen molar-refractivity contribution in [3.05, 3.63) is 94.8 Å². The first-order valence-electron chi connectivity index (χ1n) is 9.74. The number of anilines is 2. The van der Waals surface area contributed by atoms with Gasteiger partial charge in [-0.3, -0.25) is 4.79 Å². The molecule has 29 heavy (non-hydrogen) atoms. The lowest BCUT2D eigenvalue weighted by atomic mass is 9.81. The fourth-order valence-electron chi connectivity index (χ4n) is 4.97. The van der Waals surface area contributed by atoms with Gasteiger partial charge in [0, 0.05) is 30.3 Å². The van der Waals surface area contributed by atoms with Crippen molar-refractivity contribution in [3.63, 3.8) is 0 Å². The molecule has 0 saturated heterocycles. The van der Waals surface area contributed by atoms with E-state index in [2.05, 4.69) is 11.0 Å². The Balaban J connectivity index is 1.74. The number of benzene rings is 3. The van der Waals surface area contributed by atoms with Gasteiger partial charge in [0.2, 0.25) is 0 Å². The standard InChI is InChI=1S/C24H18FN3O/c1-27-20-11-10-17(25)14-19(20)24(23(27)29)18-9-5-8-15-12-13-28(21(15)18)22(26-24)16-6-3-2-4-7-16/h2-11,14H,12-13H2,1H3. The molecule has 1 spiro atoms. The molecule has 6 rings (SSSR count). The SMILES string of the molecule is CN1C(=O)C2(N=C(c3ccccc3)N3CCc4cccc2c43)c2cc(F)ccc21. The lowest BCUT2D eigenvalue weighted by Crippen LogP contribution is -2.46. The fraction of sp³-hybridized carbons (Fsp3) is 0.167. The summed E-state index contributed by atoms with van der Waals surface area (Å²) in [4.78, 5) is 22.6. The van der Waals surface area contributed by atoms with Crippen LogP contribution in [-0.4, -0.2) is 25.3 Å². The van der Waals surface area contributed by atoms with E-state index in [-0.39, 0.29) is 11.7 Å². The predicted molar refractivity (Wildman–Crippen MR) is 111 cm³/mol. The Morgan fingerprint density at radius 2 is 1.83 bits per heavy atom. The van der Waals surface area contributed by atoms with Crippen molar-refractivity contribution >= 4 is 23.1 Å². The molecule has 142 valence electrons. The number of carbonyl (C=O) groups is 1. The van der Waals surface area contributed by atoms with Crippen molar-refractivity contribution in [1.82, 2.24) is 0 Å². The predicted octanol–water partition coefficient (Wildman–Crippen LogP) is 3.87. The molecule has 0 radical (unpaired) electrons. The van der Waals surface area contributed by atoms with E-state index in [0.29, 0.717) is 11.3 Å². The summed E-state index contributed by atoms with van der Waals surface area (Å²) in [5.74, 6) is 0.256. The maximum Gasteiger partial charge on any atom is 0.264 e. The highest BCUT2D eigenvalue weighted by molar-refractivity contribution is 6.19. The van der Waals surface area contributed by atoms with Crippen LogP contribution in [0.25, 0.3) is 0 Å². The van der Waals surface area contributed by atoms with Gasteiger partial charge in [-0.25, -0.2) is 9.38 Å². The number of hydrogen-bond donors (Lipinski definition) is 0. The molecule has 1 atom stereocenters. The van der Waals surface area contributed by atoms with Crippen molar-refractivity contribution in [2.24, 2.45) is 4.99 Å². The number of amides is 1. The molecule has 1 unspecified atom stereocenters. The van der Waals surface area contributed by atoms with E-state index in [1.165, 1.54) is 17.7 Å². The number of carbonyl (C=O) groups excluding carboxylic acids is 1. The van der Waals surface area contributed by atoms with Crippen molar-refractivity contribution in [2.45, 2.75) is 12.0 Å². The minimum Gasteiger partial charge on any atom is -0.325 e. The molecule has 0 N–H and O–H groups in total. The Hall–Kier alpha value is -3.47. The molecular weight excluding hydrogens is 365 g/mol. The third kappa shape index (κ3) is 1.97. The van der Waals surface area contributed by atoms with Gasteiger partial charge in [0.15, 0.2) is 5.54 Å². The highest BCUT2D eigenvalue weighted by Crippen LogP contribution is 2.53. The number of rotatable bonds is 1. The Kier molecular flexibility index (Phi) is 3.15. The number of likely N-dealkylation sites (N-methyl/N-ethyl adjacent to an activating group) is 1. The van der Waals surface area contributed by atoms with Crippen molar-refractivity contribution < 1.29 is 9.18 Å². The van der Waals surface area contributed by atoms with E-state index < -0.39 is 5.54 Å². The minimum absolute atomic E-state index is 0.147. The lowest BCUT2D eigenvalue weighted by Gasteiger charge is -2.37. The van der Waals surface area contributed by atoms with Gasteiger partial charge in [0.05, 0.1) is 11.4 Å². The first kappa shape index (κ1) is 16.5. The summed E-state index contributed by atoms with van der Waals surface area (Å²) in [7, 11) is 1.74. The van der Waals surface area contributed by atoms with Crippen LogP contribution in [0.2, 0.25) is 0 Å². The summed E-state index contributed by atoms with van der Waals surface area (Å²) >= 11 is 0. The average Bonchev–Trinajstić information content (AvgIpc) is 3.26. The summed E-state index contributed by atoms with van der Waals surface area (Å²) in [6.45, 7) is 0.816. The number of halogens is 1. The molecule has 1 amide bonds. The van der Waals surface area contributed by atoms with Gasteiger partial charge >= 0.3 is 0 Å². The lowest BCUT2D eigenvalue weighted by molar-refractivity contribution is -0.121. The molecule has 3 heterocycles. The van der Waals surface area contributed by atoms with E-state index in [9.17, 15) is 9.18 Å². The second kappa shape index (κ2) is 5.54.